The minimum absolute atomic E-state index is 0.183. The molecule has 3 N–H and O–H groups in total. The van der Waals surface area contributed by atoms with Crippen LogP contribution in [0, 0.1) is 0 Å². The molecule has 6 heteroatoms. The number of nitrogens with two attached hydrogens (primary N) is 1. The molecule has 0 saturated heterocycles. The fourth-order valence-electron chi connectivity index (χ4n) is 2.16. The normalized spacial score (nSPS) is 14.9. The van der Waals surface area contributed by atoms with Gasteiger partial charge in [0.2, 0.25) is 5.91 Å². The third-order valence-corrected chi connectivity index (χ3v) is 4.10. The van der Waals surface area contributed by atoms with Gasteiger partial charge >= 0.3 is 5.97 Å². The van der Waals surface area contributed by atoms with Gasteiger partial charge in [-0.2, -0.15) is 0 Å². The van der Waals surface area contributed by atoms with Crippen molar-refractivity contribution in [1.29, 1.82) is 0 Å². The van der Waals surface area contributed by atoms with Gasteiger partial charge in [0.1, 0.15) is 5.00 Å². The number of ether oxygens (including phenoxy) is 1. The van der Waals surface area contributed by atoms with Crippen molar-refractivity contribution in [2.24, 2.45) is 5.73 Å². The Balaban J connectivity index is 2.19. The molecule has 1 aliphatic rings. The van der Waals surface area contributed by atoms with Crippen LogP contribution in [-0.2, 0) is 9.53 Å². The molecule has 0 radical (unpaired) electrons. The maximum atomic E-state index is 12.2. The van der Waals surface area contributed by atoms with Crippen LogP contribution in [0.4, 0.5) is 5.00 Å². The zero-order chi connectivity index (χ0) is 15.6. The van der Waals surface area contributed by atoms with E-state index in [4.69, 9.17) is 10.5 Å². The molecule has 0 aromatic carbocycles. The molecule has 1 aliphatic carbocycles. The first-order chi connectivity index (χ1) is 9.81. The molecule has 1 heterocycles. The molecule has 0 atom stereocenters. The fraction of sp³-hybridized carbons (Fsp3) is 0.600. The number of thiophene rings is 1. The highest BCUT2D eigenvalue weighted by atomic mass is 32.1. The predicted octanol–water partition coefficient (Wildman–Crippen LogP) is 2.87. The molecule has 0 unspecified atom stereocenters. The number of nitrogens with one attached hydrogen (secondary N) is 1. The summed E-state index contributed by atoms with van der Waals surface area (Å²) in [7, 11) is 0. The van der Waals surface area contributed by atoms with Crippen molar-refractivity contribution < 1.29 is 14.3 Å². The Morgan fingerprint density at radius 1 is 1.48 bits per heavy atom. The van der Waals surface area contributed by atoms with Crippen molar-refractivity contribution in [3.63, 3.8) is 0 Å². The second-order valence-corrected chi connectivity index (χ2v) is 6.98. The average Bonchev–Trinajstić information content (AvgIpc) is 3.09. The van der Waals surface area contributed by atoms with E-state index in [1.54, 1.807) is 20.8 Å². The van der Waals surface area contributed by atoms with E-state index in [-0.39, 0.29) is 18.3 Å². The molecule has 1 aromatic heterocycles. The predicted molar refractivity (Wildman–Crippen MR) is 83.8 cm³/mol. The Bertz CT molecular complexity index is 542. The summed E-state index contributed by atoms with van der Waals surface area (Å²) in [6.45, 7) is 5.68. The highest BCUT2D eigenvalue weighted by molar-refractivity contribution is 7.15. The first-order valence-electron chi connectivity index (χ1n) is 7.19. The summed E-state index contributed by atoms with van der Waals surface area (Å²) < 4.78 is 5.12. The number of amides is 1. The Kier molecular flexibility index (Phi) is 4.68. The Labute approximate surface area is 128 Å². The molecule has 1 amide bonds. The number of hydrogen-bond donors (Lipinski definition) is 2. The van der Waals surface area contributed by atoms with E-state index in [9.17, 15) is 9.59 Å². The summed E-state index contributed by atoms with van der Waals surface area (Å²) in [6, 6.07) is 0. The van der Waals surface area contributed by atoms with Crippen LogP contribution in [0.15, 0.2) is 5.38 Å². The van der Waals surface area contributed by atoms with Crippen molar-refractivity contribution in [1.82, 2.24) is 0 Å². The summed E-state index contributed by atoms with van der Waals surface area (Å²) in [6.07, 6.45) is 2.38. The van der Waals surface area contributed by atoms with Gasteiger partial charge in [-0.25, -0.2) is 4.79 Å². The number of hydrogen-bond acceptors (Lipinski definition) is 5. The van der Waals surface area contributed by atoms with Gasteiger partial charge in [0.15, 0.2) is 0 Å². The SMILES string of the molecule is CCOC(=O)c1c(C2CC2)csc1NC(=O)CC(C)(C)N. The topological polar surface area (TPSA) is 81.4 Å². The van der Waals surface area contributed by atoms with Crippen LogP contribution in [0.1, 0.15) is 61.9 Å². The van der Waals surface area contributed by atoms with Crippen molar-refractivity contribution in [2.45, 2.75) is 51.5 Å². The molecule has 0 bridgehead atoms. The highest BCUT2D eigenvalue weighted by Crippen LogP contribution is 2.46. The minimum atomic E-state index is -0.579. The molecule has 1 aromatic rings. The van der Waals surface area contributed by atoms with E-state index >= 15 is 0 Å². The molecular formula is C15H22N2O3S. The van der Waals surface area contributed by atoms with Crippen LogP contribution >= 0.6 is 11.3 Å². The average molecular weight is 310 g/mol. The smallest absolute Gasteiger partial charge is 0.341 e. The quantitative estimate of drug-likeness (QED) is 0.792. The highest BCUT2D eigenvalue weighted by Gasteiger charge is 2.32. The maximum absolute atomic E-state index is 12.2. The number of rotatable bonds is 6. The van der Waals surface area contributed by atoms with E-state index < -0.39 is 5.54 Å². The van der Waals surface area contributed by atoms with Crippen molar-refractivity contribution in [3.05, 3.63) is 16.5 Å². The van der Waals surface area contributed by atoms with E-state index in [1.165, 1.54) is 11.3 Å². The lowest BCUT2D eigenvalue weighted by Gasteiger charge is -2.17. The van der Waals surface area contributed by atoms with E-state index in [1.807, 2.05) is 5.38 Å². The van der Waals surface area contributed by atoms with Crippen LogP contribution in [0.25, 0.3) is 0 Å². The molecule has 0 spiro atoms. The van der Waals surface area contributed by atoms with E-state index in [0.29, 0.717) is 23.1 Å². The number of anilines is 1. The third-order valence-electron chi connectivity index (χ3n) is 3.19. The monoisotopic (exact) mass is 310 g/mol. The van der Waals surface area contributed by atoms with E-state index in [2.05, 4.69) is 5.32 Å². The fourth-order valence-corrected chi connectivity index (χ4v) is 3.20. The van der Waals surface area contributed by atoms with Gasteiger partial charge in [0.05, 0.1) is 12.2 Å². The zero-order valence-corrected chi connectivity index (χ0v) is 13.5. The molecule has 5 nitrogen and oxygen atoms in total. The summed E-state index contributed by atoms with van der Waals surface area (Å²) >= 11 is 1.38. The Hall–Kier alpha value is -1.40. The van der Waals surface area contributed by atoms with Crippen molar-refractivity contribution in [3.8, 4) is 0 Å². The Morgan fingerprint density at radius 3 is 2.67 bits per heavy atom. The zero-order valence-electron chi connectivity index (χ0n) is 12.7. The molecule has 1 saturated carbocycles. The van der Waals surface area contributed by atoms with Crippen molar-refractivity contribution >= 4 is 28.2 Å². The summed E-state index contributed by atoms with van der Waals surface area (Å²) in [5, 5.41) is 5.33. The van der Waals surface area contributed by atoms with Crippen LogP contribution in [0.2, 0.25) is 0 Å². The lowest BCUT2D eigenvalue weighted by atomic mass is 10.0. The first-order valence-corrected chi connectivity index (χ1v) is 8.07. The van der Waals surface area contributed by atoms with Crippen LogP contribution in [0.5, 0.6) is 0 Å². The van der Waals surface area contributed by atoms with E-state index in [0.717, 1.165) is 18.4 Å². The third kappa shape index (κ3) is 4.28. The first kappa shape index (κ1) is 16.0. The number of esters is 1. The standard InChI is InChI=1S/C15H22N2O3S/c1-4-20-14(19)12-10(9-5-6-9)8-21-13(12)17-11(18)7-15(2,3)16/h8-9H,4-7,16H2,1-3H3,(H,17,18). The molecule has 21 heavy (non-hydrogen) atoms. The summed E-state index contributed by atoms with van der Waals surface area (Å²) in [4.78, 5) is 24.2. The largest absolute Gasteiger partial charge is 0.462 e. The minimum Gasteiger partial charge on any atom is -0.462 e. The van der Waals surface area contributed by atoms with Gasteiger partial charge in [-0.05, 0) is 50.5 Å². The van der Waals surface area contributed by atoms with Crippen LogP contribution < -0.4 is 11.1 Å². The summed E-state index contributed by atoms with van der Waals surface area (Å²) in [5.74, 6) is -0.113. The lowest BCUT2D eigenvalue weighted by Crippen LogP contribution is -2.36. The number of carbonyl (C=O) groups excluding carboxylic acids is 2. The van der Waals surface area contributed by atoms with Gasteiger partial charge in [-0.1, -0.05) is 0 Å². The van der Waals surface area contributed by atoms with Gasteiger partial charge in [0, 0.05) is 12.0 Å². The second kappa shape index (κ2) is 6.15. The summed E-state index contributed by atoms with van der Waals surface area (Å²) in [5.41, 5.74) is 6.79. The lowest BCUT2D eigenvalue weighted by molar-refractivity contribution is -0.117. The second-order valence-electron chi connectivity index (χ2n) is 6.10. The molecule has 2 rings (SSSR count). The maximum Gasteiger partial charge on any atom is 0.341 e. The molecular weight excluding hydrogens is 288 g/mol. The molecule has 1 fully saturated rings. The van der Waals surface area contributed by atoms with Gasteiger partial charge < -0.3 is 15.8 Å². The molecule has 0 aliphatic heterocycles. The van der Waals surface area contributed by atoms with Gasteiger partial charge in [-0.15, -0.1) is 11.3 Å². The van der Waals surface area contributed by atoms with Gasteiger partial charge in [-0.3, -0.25) is 4.79 Å². The number of carbonyl (C=O) groups is 2. The Morgan fingerprint density at radius 2 is 2.14 bits per heavy atom. The molecule has 116 valence electrons. The van der Waals surface area contributed by atoms with Crippen LogP contribution in [-0.4, -0.2) is 24.0 Å². The van der Waals surface area contributed by atoms with Gasteiger partial charge in [0.25, 0.3) is 0 Å². The van der Waals surface area contributed by atoms with Crippen molar-refractivity contribution in [2.75, 3.05) is 11.9 Å². The van der Waals surface area contributed by atoms with Crippen LogP contribution in [0.3, 0.4) is 0 Å².